The third-order valence-corrected chi connectivity index (χ3v) is 4.31. The fourth-order valence-electron chi connectivity index (χ4n) is 1.69. The molecule has 0 saturated carbocycles. The van der Waals surface area contributed by atoms with Crippen LogP contribution in [0.4, 0.5) is 0 Å². The molecule has 0 aliphatic carbocycles. The van der Waals surface area contributed by atoms with Crippen molar-refractivity contribution in [2.24, 2.45) is 5.73 Å². The van der Waals surface area contributed by atoms with E-state index >= 15 is 0 Å². The normalized spacial score (nSPS) is 19.4. The summed E-state index contributed by atoms with van der Waals surface area (Å²) in [4.78, 5) is 0. The number of thioether (sulfide) groups is 1. The van der Waals surface area contributed by atoms with Gasteiger partial charge in [0.05, 0.1) is 5.54 Å². The number of nitrogens with two attached hydrogens (primary N) is 1. The van der Waals surface area contributed by atoms with Crippen LogP contribution in [0.5, 0.6) is 0 Å². The van der Waals surface area contributed by atoms with E-state index in [-0.39, 0.29) is 5.54 Å². The van der Waals surface area contributed by atoms with Crippen molar-refractivity contribution >= 4 is 11.8 Å². The van der Waals surface area contributed by atoms with E-state index < -0.39 is 0 Å². The van der Waals surface area contributed by atoms with Gasteiger partial charge in [0.1, 0.15) is 0 Å². The zero-order chi connectivity index (χ0) is 10.2. The van der Waals surface area contributed by atoms with Gasteiger partial charge in [0.15, 0.2) is 0 Å². The van der Waals surface area contributed by atoms with Crippen LogP contribution in [-0.2, 0) is 5.54 Å². The molecule has 14 heavy (non-hydrogen) atoms. The molecule has 1 aliphatic heterocycles. The van der Waals surface area contributed by atoms with E-state index in [9.17, 15) is 0 Å². The molecule has 1 heterocycles. The van der Waals surface area contributed by atoms with Gasteiger partial charge in [-0.05, 0) is 17.0 Å². The van der Waals surface area contributed by atoms with E-state index in [0.717, 1.165) is 11.5 Å². The predicted molar refractivity (Wildman–Crippen MR) is 63.7 cm³/mol. The summed E-state index contributed by atoms with van der Waals surface area (Å²) in [5, 5.41) is 0. The summed E-state index contributed by atoms with van der Waals surface area (Å²) in [6, 6.07) is 8.79. The van der Waals surface area contributed by atoms with Crippen molar-refractivity contribution in [3.8, 4) is 0 Å². The van der Waals surface area contributed by atoms with E-state index in [4.69, 9.17) is 5.73 Å². The zero-order valence-electron chi connectivity index (χ0n) is 8.79. The summed E-state index contributed by atoms with van der Waals surface area (Å²) in [5.74, 6) is 2.73. The SMILES string of the molecule is CC(C)c1ccc(C2(N)CSC2)cc1. The molecule has 76 valence electrons. The monoisotopic (exact) mass is 207 g/mol. The average molecular weight is 207 g/mol. The van der Waals surface area contributed by atoms with Gasteiger partial charge in [0.25, 0.3) is 0 Å². The van der Waals surface area contributed by atoms with Gasteiger partial charge in [-0.25, -0.2) is 0 Å². The molecule has 2 N–H and O–H groups in total. The van der Waals surface area contributed by atoms with Gasteiger partial charge >= 0.3 is 0 Å². The van der Waals surface area contributed by atoms with Crippen LogP contribution in [-0.4, -0.2) is 11.5 Å². The molecule has 1 nitrogen and oxygen atoms in total. The Hall–Kier alpha value is -0.470. The standard InChI is InChI=1S/C12H17NS/c1-9(2)10-3-5-11(6-4-10)12(13)7-14-8-12/h3-6,9H,7-8,13H2,1-2H3. The molecule has 0 atom stereocenters. The highest BCUT2D eigenvalue weighted by molar-refractivity contribution is 8.00. The summed E-state index contributed by atoms with van der Waals surface area (Å²) in [7, 11) is 0. The third-order valence-electron chi connectivity index (χ3n) is 2.87. The number of hydrogen-bond donors (Lipinski definition) is 1. The summed E-state index contributed by atoms with van der Waals surface area (Å²) < 4.78 is 0. The zero-order valence-corrected chi connectivity index (χ0v) is 9.60. The smallest absolute Gasteiger partial charge is 0.0592 e. The molecule has 1 aliphatic rings. The van der Waals surface area contributed by atoms with Gasteiger partial charge < -0.3 is 5.73 Å². The molecule has 0 radical (unpaired) electrons. The maximum absolute atomic E-state index is 6.23. The first-order valence-electron chi connectivity index (χ1n) is 5.09. The maximum Gasteiger partial charge on any atom is 0.0592 e. The van der Waals surface area contributed by atoms with Crippen molar-refractivity contribution in [3.63, 3.8) is 0 Å². The topological polar surface area (TPSA) is 26.0 Å². The second-order valence-corrected chi connectivity index (χ2v) is 5.41. The maximum atomic E-state index is 6.23. The van der Waals surface area contributed by atoms with E-state index in [1.807, 2.05) is 11.8 Å². The fourth-order valence-corrected chi connectivity index (χ4v) is 2.67. The molecule has 1 fully saturated rings. The molecule has 0 aromatic heterocycles. The largest absolute Gasteiger partial charge is 0.320 e. The van der Waals surface area contributed by atoms with Crippen LogP contribution < -0.4 is 5.73 Å². The Bertz CT molecular complexity index is 312. The molecule has 2 rings (SSSR count). The highest BCUT2D eigenvalue weighted by Gasteiger charge is 2.34. The van der Waals surface area contributed by atoms with Crippen LogP contribution in [0.15, 0.2) is 24.3 Å². The average Bonchev–Trinajstić information content (AvgIpc) is 2.14. The first-order valence-corrected chi connectivity index (χ1v) is 6.24. The summed E-state index contributed by atoms with van der Waals surface area (Å²) in [6.07, 6.45) is 0. The van der Waals surface area contributed by atoms with Crippen LogP contribution in [0.25, 0.3) is 0 Å². The Kier molecular flexibility index (Phi) is 2.58. The van der Waals surface area contributed by atoms with Crippen molar-refractivity contribution in [2.45, 2.75) is 25.3 Å². The Labute approximate surface area is 90.1 Å². The van der Waals surface area contributed by atoms with Gasteiger partial charge in [0.2, 0.25) is 0 Å². The molecule has 0 amide bonds. The molecule has 1 saturated heterocycles. The molecule has 0 bridgehead atoms. The summed E-state index contributed by atoms with van der Waals surface area (Å²) in [6.45, 7) is 4.43. The lowest BCUT2D eigenvalue weighted by Crippen LogP contribution is -2.48. The Morgan fingerprint density at radius 2 is 1.79 bits per heavy atom. The first kappa shape index (κ1) is 10.1. The van der Waals surface area contributed by atoms with Crippen LogP contribution in [0.3, 0.4) is 0 Å². The Morgan fingerprint density at radius 3 is 2.14 bits per heavy atom. The van der Waals surface area contributed by atoms with Crippen LogP contribution in [0.2, 0.25) is 0 Å². The van der Waals surface area contributed by atoms with Crippen LogP contribution in [0, 0.1) is 0 Å². The third kappa shape index (κ3) is 1.69. The molecule has 0 unspecified atom stereocenters. The number of rotatable bonds is 2. The number of hydrogen-bond acceptors (Lipinski definition) is 2. The van der Waals surface area contributed by atoms with E-state index in [2.05, 4.69) is 38.1 Å². The lowest BCUT2D eigenvalue weighted by molar-refractivity contribution is 0.545. The molecule has 1 aromatic rings. The molecule has 2 heteroatoms. The van der Waals surface area contributed by atoms with Crippen molar-refractivity contribution < 1.29 is 0 Å². The lowest BCUT2D eigenvalue weighted by Gasteiger charge is -2.38. The second-order valence-electron chi connectivity index (χ2n) is 4.43. The van der Waals surface area contributed by atoms with Crippen molar-refractivity contribution in [1.82, 2.24) is 0 Å². The van der Waals surface area contributed by atoms with Crippen LogP contribution in [0.1, 0.15) is 30.9 Å². The number of benzene rings is 1. The molecule has 0 spiro atoms. The van der Waals surface area contributed by atoms with Gasteiger partial charge in [-0.1, -0.05) is 38.1 Å². The molecular weight excluding hydrogens is 190 g/mol. The van der Waals surface area contributed by atoms with Crippen molar-refractivity contribution in [2.75, 3.05) is 11.5 Å². The van der Waals surface area contributed by atoms with Gasteiger partial charge in [-0.3, -0.25) is 0 Å². The van der Waals surface area contributed by atoms with Crippen molar-refractivity contribution in [1.29, 1.82) is 0 Å². The van der Waals surface area contributed by atoms with Gasteiger partial charge in [-0.15, -0.1) is 0 Å². The quantitative estimate of drug-likeness (QED) is 0.807. The molecule has 1 aromatic carbocycles. The second kappa shape index (κ2) is 3.59. The van der Waals surface area contributed by atoms with E-state index in [0.29, 0.717) is 5.92 Å². The van der Waals surface area contributed by atoms with E-state index in [1.165, 1.54) is 11.1 Å². The summed E-state index contributed by atoms with van der Waals surface area (Å²) >= 11 is 1.92. The van der Waals surface area contributed by atoms with Crippen molar-refractivity contribution in [3.05, 3.63) is 35.4 Å². The minimum absolute atomic E-state index is 0.0415. The Morgan fingerprint density at radius 1 is 1.21 bits per heavy atom. The highest BCUT2D eigenvalue weighted by Crippen LogP contribution is 2.36. The predicted octanol–water partition coefficient (Wildman–Crippen LogP) is 2.71. The minimum Gasteiger partial charge on any atom is -0.320 e. The van der Waals surface area contributed by atoms with Gasteiger partial charge in [-0.2, -0.15) is 11.8 Å². The van der Waals surface area contributed by atoms with Crippen LogP contribution >= 0.6 is 11.8 Å². The highest BCUT2D eigenvalue weighted by atomic mass is 32.2. The van der Waals surface area contributed by atoms with E-state index in [1.54, 1.807) is 0 Å². The van der Waals surface area contributed by atoms with Gasteiger partial charge in [0, 0.05) is 11.5 Å². The first-order chi connectivity index (χ1) is 6.62. The lowest BCUT2D eigenvalue weighted by atomic mass is 9.92. The summed E-state index contributed by atoms with van der Waals surface area (Å²) in [5.41, 5.74) is 8.87. The Balaban J connectivity index is 2.21. The minimum atomic E-state index is -0.0415. The molecular formula is C12H17NS. The fraction of sp³-hybridized carbons (Fsp3) is 0.500.